The lowest BCUT2D eigenvalue weighted by Crippen LogP contribution is -2.40. The van der Waals surface area contributed by atoms with Crippen molar-refractivity contribution in [3.8, 4) is 0 Å². The van der Waals surface area contributed by atoms with Crippen molar-refractivity contribution in [3.05, 3.63) is 33.1 Å². The number of nitrogens with zero attached hydrogens (tertiary/aromatic N) is 2. The summed E-state index contributed by atoms with van der Waals surface area (Å²) in [6.07, 6.45) is 6.33. The topological polar surface area (TPSA) is 40.6 Å². The van der Waals surface area contributed by atoms with Gasteiger partial charge in [-0.2, -0.15) is 0 Å². The molecule has 2 heterocycles. The maximum Gasteiger partial charge on any atom is 0.267 e. The number of anilines is 1. The van der Waals surface area contributed by atoms with E-state index < -0.39 is 0 Å². The first-order valence-electron chi connectivity index (χ1n) is 9.44. The molecule has 1 aliphatic carbocycles. The van der Waals surface area contributed by atoms with Crippen LogP contribution in [0, 0.1) is 0 Å². The fourth-order valence-corrected chi connectivity index (χ4v) is 5.99. The monoisotopic (exact) mass is 464 g/mol. The highest BCUT2D eigenvalue weighted by Gasteiger charge is 2.44. The van der Waals surface area contributed by atoms with Gasteiger partial charge in [-0.3, -0.25) is 14.5 Å². The van der Waals surface area contributed by atoms with Crippen LogP contribution in [0.15, 0.2) is 27.6 Å². The van der Waals surface area contributed by atoms with E-state index in [0.717, 1.165) is 47.8 Å². The summed E-state index contributed by atoms with van der Waals surface area (Å²) in [6.45, 7) is 2.69. The molecule has 2 aliphatic heterocycles. The second kappa shape index (κ2) is 7.68. The minimum atomic E-state index is -0.0930. The molecule has 4 nitrogen and oxygen atoms in total. The standard InChI is InChI=1S/C20H21BrN2O2S2/c1-2-10-22-15-9-8-12(21)11-14(15)16(18(22)24)17-19(25)23(20(26)27-17)13-6-4-3-5-7-13/h8-9,11,13H,2-7,10H2,1H3/b17-16-. The molecule has 0 unspecified atom stereocenters. The Labute approximate surface area is 177 Å². The number of hydrogen-bond acceptors (Lipinski definition) is 4. The van der Waals surface area contributed by atoms with E-state index in [1.54, 1.807) is 9.80 Å². The maximum absolute atomic E-state index is 13.3. The van der Waals surface area contributed by atoms with Crippen molar-refractivity contribution >= 4 is 67.3 Å². The zero-order chi connectivity index (χ0) is 19.1. The van der Waals surface area contributed by atoms with Crippen molar-refractivity contribution in [1.29, 1.82) is 0 Å². The highest BCUT2D eigenvalue weighted by atomic mass is 79.9. The molecule has 0 radical (unpaired) electrons. The number of halogens is 1. The van der Waals surface area contributed by atoms with Crippen LogP contribution in [0.1, 0.15) is 51.0 Å². The molecule has 0 spiro atoms. The lowest BCUT2D eigenvalue weighted by molar-refractivity contribution is -0.124. The van der Waals surface area contributed by atoms with Gasteiger partial charge in [0.2, 0.25) is 0 Å². The van der Waals surface area contributed by atoms with Crippen molar-refractivity contribution < 1.29 is 9.59 Å². The predicted octanol–water partition coefficient (Wildman–Crippen LogP) is 5.11. The Morgan fingerprint density at radius 2 is 1.93 bits per heavy atom. The first kappa shape index (κ1) is 19.2. The lowest BCUT2D eigenvalue weighted by atomic mass is 9.94. The van der Waals surface area contributed by atoms with E-state index >= 15 is 0 Å². The molecule has 4 rings (SSSR count). The quantitative estimate of drug-likeness (QED) is 0.460. The van der Waals surface area contributed by atoms with E-state index in [9.17, 15) is 9.59 Å². The molecule has 3 aliphatic rings. The lowest BCUT2D eigenvalue weighted by Gasteiger charge is -2.29. The van der Waals surface area contributed by atoms with E-state index in [-0.39, 0.29) is 17.9 Å². The summed E-state index contributed by atoms with van der Waals surface area (Å²) >= 11 is 10.3. The zero-order valence-corrected chi connectivity index (χ0v) is 18.4. The van der Waals surface area contributed by atoms with Crippen molar-refractivity contribution in [2.24, 2.45) is 0 Å². The van der Waals surface area contributed by atoms with Gasteiger partial charge < -0.3 is 4.90 Å². The SMILES string of the molecule is CCCN1C(=O)/C(=C2\SC(=S)N(C3CCCCC3)C2=O)c2cc(Br)ccc21. The molecule has 1 aromatic rings. The molecule has 1 aromatic carbocycles. The average Bonchev–Trinajstić information content (AvgIpc) is 3.09. The molecule has 1 saturated carbocycles. The minimum Gasteiger partial charge on any atom is -0.308 e. The summed E-state index contributed by atoms with van der Waals surface area (Å²) in [4.78, 5) is 30.5. The van der Waals surface area contributed by atoms with Crippen LogP contribution in [0.4, 0.5) is 5.69 Å². The van der Waals surface area contributed by atoms with Crippen LogP contribution in [-0.4, -0.2) is 33.6 Å². The summed E-state index contributed by atoms with van der Waals surface area (Å²) in [5.41, 5.74) is 2.21. The number of hydrogen-bond donors (Lipinski definition) is 0. The van der Waals surface area contributed by atoms with Crippen molar-refractivity contribution in [2.75, 3.05) is 11.4 Å². The number of thiocarbonyl (C=S) groups is 1. The summed E-state index contributed by atoms with van der Waals surface area (Å²) < 4.78 is 1.49. The van der Waals surface area contributed by atoms with Crippen molar-refractivity contribution in [2.45, 2.75) is 51.5 Å². The van der Waals surface area contributed by atoms with Gasteiger partial charge in [0.15, 0.2) is 0 Å². The van der Waals surface area contributed by atoms with E-state index in [1.807, 2.05) is 25.1 Å². The molecule has 142 valence electrons. The third kappa shape index (κ3) is 3.28. The van der Waals surface area contributed by atoms with Gasteiger partial charge in [-0.05, 0) is 37.5 Å². The number of fused-ring (bicyclic) bond motifs is 1. The highest BCUT2D eigenvalue weighted by molar-refractivity contribution is 9.10. The number of amides is 2. The number of benzene rings is 1. The molecule has 0 bridgehead atoms. The van der Waals surface area contributed by atoms with Gasteiger partial charge in [-0.1, -0.05) is 66.1 Å². The molecular weight excluding hydrogens is 444 g/mol. The van der Waals surface area contributed by atoms with E-state index in [4.69, 9.17) is 12.2 Å². The highest BCUT2D eigenvalue weighted by Crippen LogP contribution is 2.46. The largest absolute Gasteiger partial charge is 0.308 e. The van der Waals surface area contributed by atoms with Crippen LogP contribution in [0.2, 0.25) is 0 Å². The first-order chi connectivity index (χ1) is 13.0. The molecule has 2 fully saturated rings. The smallest absolute Gasteiger partial charge is 0.267 e. The molecular formula is C20H21BrN2O2S2. The van der Waals surface area contributed by atoms with Crippen LogP contribution in [-0.2, 0) is 9.59 Å². The van der Waals surface area contributed by atoms with Gasteiger partial charge in [0, 0.05) is 22.6 Å². The Bertz CT molecular complexity index is 862. The Kier molecular flexibility index (Phi) is 5.45. The minimum absolute atomic E-state index is 0.0888. The molecule has 7 heteroatoms. The van der Waals surface area contributed by atoms with Crippen LogP contribution in [0.3, 0.4) is 0 Å². The molecule has 0 N–H and O–H groups in total. The molecule has 1 saturated heterocycles. The van der Waals surface area contributed by atoms with Crippen LogP contribution in [0.25, 0.3) is 5.57 Å². The van der Waals surface area contributed by atoms with Gasteiger partial charge in [-0.15, -0.1) is 0 Å². The van der Waals surface area contributed by atoms with Crippen molar-refractivity contribution in [1.82, 2.24) is 4.90 Å². The molecule has 0 aromatic heterocycles. The van der Waals surface area contributed by atoms with E-state index in [1.165, 1.54) is 18.2 Å². The normalized spacial score (nSPS) is 23.6. The van der Waals surface area contributed by atoms with Crippen LogP contribution < -0.4 is 4.90 Å². The summed E-state index contributed by atoms with van der Waals surface area (Å²) in [7, 11) is 0. The zero-order valence-electron chi connectivity index (χ0n) is 15.2. The first-order valence-corrected chi connectivity index (χ1v) is 11.5. The van der Waals surface area contributed by atoms with Crippen LogP contribution >= 0.6 is 39.9 Å². The predicted molar refractivity (Wildman–Crippen MR) is 118 cm³/mol. The summed E-state index contributed by atoms with van der Waals surface area (Å²) in [5, 5.41) is 0. The molecule has 2 amide bonds. The maximum atomic E-state index is 13.3. The van der Waals surface area contributed by atoms with Crippen LogP contribution in [0.5, 0.6) is 0 Å². The fourth-order valence-electron chi connectivity index (χ4n) is 4.15. The Morgan fingerprint density at radius 1 is 1.19 bits per heavy atom. The van der Waals surface area contributed by atoms with E-state index in [2.05, 4.69) is 15.9 Å². The Morgan fingerprint density at radius 3 is 2.63 bits per heavy atom. The summed E-state index contributed by atoms with van der Waals surface area (Å²) in [6, 6.07) is 5.99. The van der Waals surface area contributed by atoms with Gasteiger partial charge in [0.25, 0.3) is 11.8 Å². The van der Waals surface area contributed by atoms with Gasteiger partial charge >= 0.3 is 0 Å². The van der Waals surface area contributed by atoms with Gasteiger partial charge in [0.05, 0.1) is 16.2 Å². The third-order valence-corrected chi connectivity index (χ3v) is 7.29. The second-order valence-electron chi connectivity index (χ2n) is 7.16. The number of carbonyl (C=O) groups excluding carboxylic acids is 2. The van der Waals surface area contributed by atoms with Gasteiger partial charge in [0.1, 0.15) is 4.32 Å². The average molecular weight is 465 g/mol. The number of rotatable bonds is 3. The Hall–Kier alpha value is -1.18. The van der Waals surface area contributed by atoms with E-state index in [0.29, 0.717) is 21.3 Å². The van der Waals surface area contributed by atoms with Crippen molar-refractivity contribution in [3.63, 3.8) is 0 Å². The number of carbonyl (C=O) groups is 2. The second-order valence-corrected chi connectivity index (χ2v) is 9.72. The Balaban J connectivity index is 1.78. The fraction of sp³-hybridized carbons (Fsp3) is 0.450. The molecule has 0 atom stereocenters. The third-order valence-electron chi connectivity index (χ3n) is 5.39. The number of thioether (sulfide) groups is 1. The van der Waals surface area contributed by atoms with Gasteiger partial charge in [-0.25, -0.2) is 0 Å². The summed E-state index contributed by atoms with van der Waals surface area (Å²) in [5.74, 6) is -0.182. The molecule has 27 heavy (non-hydrogen) atoms.